The summed E-state index contributed by atoms with van der Waals surface area (Å²) in [5, 5.41) is 10.4. The molecule has 0 saturated carbocycles. The number of hydrogen-bond acceptors (Lipinski definition) is 8. The van der Waals surface area contributed by atoms with Crippen molar-refractivity contribution in [3.05, 3.63) is 100 Å². The van der Waals surface area contributed by atoms with Crippen molar-refractivity contribution in [2.45, 2.75) is 60.9 Å². The number of dihydropyridines is 1. The molecule has 9 heteroatoms. The van der Waals surface area contributed by atoms with Crippen LogP contribution in [0.5, 0.6) is 0 Å². The number of rotatable bonds is 9. The maximum atomic E-state index is 12.8. The van der Waals surface area contributed by atoms with Crippen LogP contribution in [0, 0.1) is 5.41 Å². The van der Waals surface area contributed by atoms with Crippen LogP contribution in [0.2, 0.25) is 0 Å². The summed E-state index contributed by atoms with van der Waals surface area (Å²) in [4.78, 5) is 19.7. The Morgan fingerprint density at radius 3 is 2.55 bits per heavy atom. The number of carbonyl (C=O) groups is 1. The van der Waals surface area contributed by atoms with E-state index in [1.165, 1.54) is 23.7 Å². The van der Waals surface area contributed by atoms with Gasteiger partial charge in [0.1, 0.15) is 5.70 Å². The van der Waals surface area contributed by atoms with Crippen LogP contribution < -0.4 is 27.5 Å². The molecule has 1 amide bonds. The molecule has 1 atom stereocenters. The normalized spacial score (nSPS) is 21.7. The minimum Gasteiger partial charge on any atom is -0.393 e. The number of aliphatic imine (C=N–C) groups is 1. The van der Waals surface area contributed by atoms with Gasteiger partial charge in [-0.15, -0.1) is 5.73 Å². The maximum absolute atomic E-state index is 12.8. The van der Waals surface area contributed by atoms with Gasteiger partial charge in [0.15, 0.2) is 0 Å². The minimum atomic E-state index is -0.419. The fourth-order valence-electron chi connectivity index (χ4n) is 4.49. The van der Waals surface area contributed by atoms with Gasteiger partial charge in [-0.1, -0.05) is 45.1 Å². The minimum absolute atomic E-state index is 0.0285. The molecule has 0 aromatic heterocycles. The molecule has 0 aromatic carbocycles. The lowest BCUT2D eigenvalue weighted by Crippen LogP contribution is -2.52. The first-order valence-electron chi connectivity index (χ1n) is 14.4. The van der Waals surface area contributed by atoms with E-state index in [1.807, 2.05) is 64.5 Å². The van der Waals surface area contributed by atoms with E-state index in [0.29, 0.717) is 16.8 Å². The van der Waals surface area contributed by atoms with Crippen LogP contribution in [0.3, 0.4) is 0 Å². The average Bonchev–Trinajstić information content (AvgIpc) is 2.95. The number of carbonyl (C=O) groups excluding carboxylic acids is 1. The Bertz CT molecular complexity index is 1290. The Balaban J connectivity index is 0.000000518. The third-order valence-corrected chi connectivity index (χ3v) is 7.30. The lowest BCUT2D eigenvalue weighted by molar-refractivity contribution is -0.117. The summed E-state index contributed by atoms with van der Waals surface area (Å²) >= 11 is 0. The van der Waals surface area contributed by atoms with E-state index >= 15 is 0 Å². The highest BCUT2D eigenvalue weighted by Gasteiger charge is 2.32. The molecule has 3 aliphatic heterocycles. The van der Waals surface area contributed by atoms with Gasteiger partial charge >= 0.3 is 0 Å². The molecule has 3 rings (SSSR count). The fourth-order valence-corrected chi connectivity index (χ4v) is 4.49. The molecule has 1 unspecified atom stereocenters. The van der Waals surface area contributed by atoms with Gasteiger partial charge in [0.2, 0.25) is 0 Å². The van der Waals surface area contributed by atoms with Gasteiger partial charge in [-0.05, 0) is 63.3 Å². The number of likely N-dealkylation sites (N-methyl/N-ethyl adjacent to an activating group) is 1. The van der Waals surface area contributed by atoms with Gasteiger partial charge in [0.05, 0.1) is 17.4 Å². The SMILES string of the molecule is C=C=CCN1CC(C)(C)C1.C\C=C(/C=N\C(C)=C(\C)CC)C1=CN(N)/C(=C(\N)C(=O)NC2=CC(NC)=CNC2C)C=C1. The molecule has 0 spiro atoms. The Morgan fingerprint density at radius 2 is 2.00 bits per heavy atom. The zero-order chi connectivity index (χ0) is 31.4. The van der Waals surface area contributed by atoms with E-state index < -0.39 is 5.91 Å². The summed E-state index contributed by atoms with van der Waals surface area (Å²) < 4.78 is 0. The topological polar surface area (TPSA) is 124 Å². The molecule has 1 fully saturated rings. The molecule has 7 N–H and O–H groups in total. The molecular weight excluding hydrogens is 524 g/mol. The first-order valence-corrected chi connectivity index (χ1v) is 14.4. The molecule has 0 aliphatic carbocycles. The van der Waals surface area contributed by atoms with E-state index in [-0.39, 0.29) is 11.7 Å². The van der Waals surface area contributed by atoms with Crippen molar-refractivity contribution in [2.24, 2.45) is 22.0 Å². The Hall–Kier alpha value is -4.04. The van der Waals surface area contributed by atoms with Crippen LogP contribution in [0.15, 0.2) is 105 Å². The largest absolute Gasteiger partial charge is 0.393 e. The molecule has 9 nitrogen and oxygen atoms in total. The van der Waals surface area contributed by atoms with Crippen LogP contribution in [0.4, 0.5) is 0 Å². The second-order valence-corrected chi connectivity index (χ2v) is 11.4. The monoisotopic (exact) mass is 574 g/mol. The summed E-state index contributed by atoms with van der Waals surface area (Å²) in [7, 11) is 1.81. The van der Waals surface area contributed by atoms with Gasteiger partial charge in [-0.2, -0.15) is 0 Å². The molecule has 42 heavy (non-hydrogen) atoms. The van der Waals surface area contributed by atoms with Gasteiger partial charge in [-0.3, -0.25) is 19.7 Å². The van der Waals surface area contributed by atoms with Crippen molar-refractivity contribution in [1.82, 2.24) is 25.9 Å². The number of amides is 1. The molecule has 3 heterocycles. The first-order chi connectivity index (χ1) is 19.8. The fraction of sp³-hybridized carbons (Fsp3) is 0.424. The van der Waals surface area contributed by atoms with Gasteiger partial charge < -0.3 is 21.7 Å². The van der Waals surface area contributed by atoms with Crippen molar-refractivity contribution < 1.29 is 4.79 Å². The Labute approximate surface area is 252 Å². The number of hydrogen-bond donors (Lipinski definition) is 5. The van der Waals surface area contributed by atoms with Crippen LogP contribution in [0.25, 0.3) is 0 Å². The molecule has 1 saturated heterocycles. The summed E-state index contributed by atoms with van der Waals surface area (Å²) in [6.45, 7) is 21.6. The molecular formula is C33H50N8O. The zero-order valence-electron chi connectivity index (χ0n) is 26.6. The van der Waals surface area contributed by atoms with Crippen LogP contribution in [-0.4, -0.2) is 54.8 Å². The predicted molar refractivity (Wildman–Crippen MR) is 175 cm³/mol. The summed E-state index contributed by atoms with van der Waals surface area (Å²) in [5.41, 5.74) is 15.5. The van der Waals surface area contributed by atoms with Gasteiger partial charge in [0, 0.05) is 62.3 Å². The smallest absolute Gasteiger partial charge is 0.273 e. The first kappa shape index (κ1) is 34.2. The Kier molecular flexibility index (Phi) is 12.9. The highest BCUT2D eigenvalue weighted by molar-refractivity contribution is 5.95. The standard InChI is InChI=1S/C24H35N7O.C9H15N/c1-7-15(3)16(4)28-12-18(8-2)19-9-10-22(31(26)14-19)23(25)24(32)30-21-11-20(27-6)13-29-17(21)5;1-4-5-6-10-7-9(2,3)8-10/h8-14,17,27,29H,7,25-26H2,1-6H3,(H,30,32);5H,1,6-8H2,2-3H3/b16-15-,18-8+,23-22-,28-12-;. The lowest BCUT2D eigenvalue weighted by Gasteiger charge is -2.45. The van der Waals surface area contributed by atoms with Crippen molar-refractivity contribution in [1.29, 1.82) is 0 Å². The number of allylic oxidation sites excluding steroid dienone is 8. The highest BCUT2D eigenvalue weighted by Crippen LogP contribution is 2.28. The average molecular weight is 575 g/mol. The van der Waals surface area contributed by atoms with Crippen LogP contribution >= 0.6 is 0 Å². The summed E-state index contributed by atoms with van der Waals surface area (Å²) in [6, 6.07) is -0.0541. The van der Waals surface area contributed by atoms with E-state index in [1.54, 1.807) is 12.3 Å². The lowest BCUT2D eigenvalue weighted by atomic mass is 9.84. The number of likely N-dealkylation sites (tertiary alicyclic amines) is 1. The number of nitrogens with one attached hydrogen (secondary N) is 3. The number of nitrogens with zero attached hydrogens (tertiary/aromatic N) is 3. The van der Waals surface area contributed by atoms with E-state index in [2.05, 4.69) is 65.8 Å². The third-order valence-electron chi connectivity index (χ3n) is 7.30. The second kappa shape index (κ2) is 15.8. The molecule has 228 valence electrons. The quantitative estimate of drug-likeness (QED) is 0.121. The van der Waals surface area contributed by atoms with E-state index in [0.717, 1.165) is 35.5 Å². The molecule has 0 aromatic rings. The van der Waals surface area contributed by atoms with Crippen molar-refractivity contribution >= 4 is 12.1 Å². The van der Waals surface area contributed by atoms with E-state index in [4.69, 9.17) is 11.6 Å². The van der Waals surface area contributed by atoms with E-state index in [9.17, 15) is 4.79 Å². The molecule has 0 bridgehead atoms. The maximum Gasteiger partial charge on any atom is 0.273 e. The van der Waals surface area contributed by atoms with Gasteiger partial charge in [0.25, 0.3) is 5.91 Å². The summed E-state index contributed by atoms with van der Waals surface area (Å²) in [6.07, 6.45) is 15.8. The number of hydrazine groups is 1. The van der Waals surface area contributed by atoms with Crippen LogP contribution in [0.1, 0.15) is 54.9 Å². The third kappa shape index (κ3) is 9.80. The molecule has 3 aliphatic rings. The van der Waals surface area contributed by atoms with Crippen LogP contribution in [-0.2, 0) is 4.79 Å². The predicted octanol–water partition coefficient (Wildman–Crippen LogP) is 4.23. The number of nitrogens with two attached hydrogens (primary N) is 2. The van der Waals surface area contributed by atoms with Crippen molar-refractivity contribution in [2.75, 3.05) is 26.7 Å². The van der Waals surface area contributed by atoms with Crippen molar-refractivity contribution in [3.63, 3.8) is 0 Å². The summed E-state index contributed by atoms with van der Waals surface area (Å²) in [5.74, 6) is 5.77. The van der Waals surface area contributed by atoms with Gasteiger partial charge in [-0.25, -0.2) is 5.84 Å². The van der Waals surface area contributed by atoms with Crippen molar-refractivity contribution in [3.8, 4) is 0 Å². The zero-order valence-corrected chi connectivity index (χ0v) is 26.6. The Morgan fingerprint density at radius 1 is 1.31 bits per heavy atom. The second-order valence-electron chi connectivity index (χ2n) is 11.4. The highest BCUT2D eigenvalue weighted by atomic mass is 16.2. The molecule has 0 radical (unpaired) electrons.